The van der Waals surface area contributed by atoms with Gasteiger partial charge in [0.25, 0.3) is 0 Å². The van der Waals surface area contributed by atoms with Crippen molar-refractivity contribution >= 4 is 21.6 Å². The van der Waals surface area contributed by atoms with Crippen LogP contribution in [0, 0.1) is 6.92 Å². The number of amides is 1. The highest BCUT2D eigenvalue weighted by atomic mass is 32.2. The third-order valence-corrected chi connectivity index (χ3v) is 5.00. The molecule has 0 radical (unpaired) electrons. The van der Waals surface area contributed by atoms with Crippen molar-refractivity contribution in [3.8, 4) is 5.75 Å². The summed E-state index contributed by atoms with van der Waals surface area (Å²) >= 11 is 0. The zero-order chi connectivity index (χ0) is 19.0. The molecule has 0 aliphatic heterocycles. The maximum atomic E-state index is 12.2. The summed E-state index contributed by atoms with van der Waals surface area (Å²) in [6.45, 7) is 3.27. The fraction of sp³-hybridized carbons (Fsp3) is 0.588. The number of hydrogen-bond acceptors (Lipinski definition) is 5. The van der Waals surface area contributed by atoms with Crippen LogP contribution in [-0.4, -0.2) is 70.6 Å². The molecule has 1 N–H and O–H groups in total. The number of hydrogen-bond donors (Lipinski definition) is 1. The van der Waals surface area contributed by atoms with Crippen LogP contribution in [0.1, 0.15) is 18.4 Å². The zero-order valence-electron chi connectivity index (χ0n) is 15.7. The van der Waals surface area contributed by atoms with Gasteiger partial charge in [0.05, 0.1) is 19.1 Å². The number of nitrogens with one attached hydrogen (secondary N) is 1. The Morgan fingerprint density at radius 1 is 1.20 bits per heavy atom. The van der Waals surface area contributed by atoms with Crippen molar-refractivity contribution in [3.63, 3.8) is 0 Å². The molecule has 0 bridgehead atoms. The van der Waals surface area contributed by atoms with Crippen molar-refractivity contribution in [1.29, 1.82) is 0 Å². The summed E-state index contributed by atoms with van der Waals surface area (Å²) in [5.41, 5.74) is 1.59. The van der Waals surface area contributed by atoms with Gasteiger partial charge in [0.2, 0.25) is 15.9 Å². The monoisotopic (exact) mass is 371 g/mol. The van der Waals surface area contributed by atoms with Crippen molar-refractivity contribution in [3.05, 3.63) is 23.8 Å². The number of rotatable bonds is 10. The SMILES string of the molecule is COc1ccc(C)cc1NC(=O)CCN(CCCN(C)C)S(C)(=O)=O. The summed E-state index contributed by atoms with van der Waals surface area (Å²) in [4.78, 5) is 14.2. The van der Waals surface area contributed by atoms with Gasteiger partial charge in [-0.1, -0.05) is 6.07 Å². The van der Waals surface area contributed by atoms with Crippen LogP contribution in [0.25, 0.3) is 0 Å². The fourth-order valence-corrected chi connectivity index (χ4v) is 3.25. The van der Waals surface area contributed by atoms with E-state index in [9.17, 15) is 13.2 Å². The van der Waals surface area contributed by atoms with E-state index in [0.717, 1.165) is 12.1 Å². The van der Waals surface area contributed by atoms with E-state index in [2.05, 4.69) is 5.32 Å². The summed E-state index contributed by atoms with van der Waals surface area (Å²) in [6, 6.07) is 5.50. The summed E-state index contributed by atoms with van der Waals surface area (Å²) < 4.78 is 30.3. The van der Waals surface area contributed by atoms with Gasteiger partial charge >= 0.3 is 0 Å². The molecular weight excluding hydrogens is 342 g/mol. The molecule has 0 fully saturated rings. The van der Waals surface area contributed by atoms with Gasteiger partial charge in [-0.3, -0.25) is 4.79 Å². The van der Waals surface area contributed by atoms with E-state index in [1.54, 1.807) is 6.07 Å². The highest BCUT2D eigenvalue weighted by molar-refractivity contribution is 7.88. The Hall–Kier alpha value is -1.64. The number of anilines is 1. The number of aryl methyl sites for hydroxylation is 1. The van der Waals surface area contributed by atoms with Crippen LogP contribution in [0.5, 0.6) is 5.75 Å². The highest BCUT2D eigenvalue weighted by Crippen LogP contribution is 2.25. The first-order valence-corrected chi connectivity index (χ1v) is 10.0. The zero-order valence-corrected chi connectivity index (χ0v) is 16.5. The van der Waals surface area contributed by atoms with Crippen molar-refractivity contribution in [2.45, 2.75) is 19.8 Å². The van der Waals surface area contributed by atoms with Gasteiger partial charge in [-0.2, -0.15) is 0 Å². The molecule has 0 aliphatic carbocycles. The van der Waals surface area contributed by atoms with Gasteiger partial charge in [-0.05, 0) is 51.7 Å². The van der Waals surface area contributed by atoms with Crippen LogP contribution >= 0.6 is 0 Å². The van der Waals surface area contributed by atoms with Gasteiger partial charge in [-0.15, -0.1) is 0 Å². The average Bonchev–Trinajstić information content (AvgIpc) is 2.49. The average molecular weight is 372 g/mol. The van der Waals surface area contributed by atoms with Crippen molar-refractivity contribution in [1.82, 2.24) is 9.21 Å². The predicted molar refractivity (Wildman–Crippen MR) is 101 cm³/mol. The number of ether oxygens (including phenoxy) is 1. The molecule has 0 saturated heterocycles. The van der Waals surface area contributed by atoms with E-state index in [0.29, 0.717) is 24.4 Å². The van der Waals surface area contributed by atoms with Crippen molar-refractivity contribution in [2.24, 2.45) is 0 Å². The number of carbonyl (C=O) groups is 1. The highest BCUT2D eigenvalue weighted by Gasteiger charge is 2.18. The number of nitrogens with zero attached hydrogens (tertiary/aromatic N) is 2. The molecule has 0 aromatic heterocycles. The Bertz CT molecular complexity index is 674. The molecule has 1 rings (SSSR count). The van der Waals surface area contributed by atoms with E-state index in [4.69, 9.17) is 4.74 Å². The predicted octanol–water partition coefficient (Wildman–Crippen LogP) is 1.55. The molecule has 0 saturated carbocycles. The lowest BCUT2D eigenvalue weighted by Crippen LogP contribution is -2.35. The second-order valence-corrected chi connectivity index (χ2v) is 8.30. The maximum Gasteiger partial charge on any atom is 0.225 e. The normalized spacial score (nSPS) is 11.8. The van der Waals surface area contributed by atoms with E-state index in [1.165, 1.54) is 17.7 Å². The minimum absolute atomic E-state index is 0.0894. The van der Waals surface area contributed by atoms with Crippen molar-refractivity contribution < 1.29 is 17.9 Å². The molecule has 7 nitrogen and oxygen atoms in total. The first kappa shape index (κ1) is 21.4. The Balaban J connectivity index is 2.64. The summed E-state index contributed by atoms with van der Waals surface area (Å²) in [6.07, 6.45) is 1.98. The number of methoxy groups -OCH3 is 1. The number of benzene rings is 1. The second kappa shape index (κ2) is 9.74. The van der Waals surface area contributed by atoms with Crippen LogP contribution in [0.4, 0.5) is 5.69 Å². The molecule has 0 aliphatic rings. The van der Waals surface area contributed by atoms with Gasteiger partial charge in [0.1, 0.15) is 5.75 Å². The Morgan fingerprint density at radius 2 is 1.88 bits per heavy atom. The van der Waals surface area contributed by atoms with Gasteiger partial charge < -0.3 is 15.0 Å². The maximum absolute atomic E-state index is 12.2. The Labute approximate surface area is 151 Å². The van der Waals surface area contributed by atoms with Crippen LogP contribution in [0.15, 0.2) is 18.2 Å². The fourth-order valence-electron chi connectivity index (χ4n) is 2.37. The second-order valence-electron chi connectivity index (χ2n) is 6.32. The summed E-state index contributed by atoms with van der Waals surface area (Å²) in [5.74, 6) is 0.329. The van der Waals surface area contributed by atoms with E-state index in [-0.39, 0.29) is 18.9 Å². The largest absolute Gasteiger partial charge is 0.495 e. The molecule has 25 heavy (non-hydrogen) atoms. The van der Waals surface area contributed by atoms with Gasteiger partial charge in [-0.25, -0.2) is 12.7 Å². The molecular formula is C17H29N3O4S. The van der Waals surface area contributed by atoms with Crippen LogP contribution < -0.4 is 10.1 Å². The van der Waals surface area contributed by atoms with Crippen LogP contribution in [0.2, 0.25) is 0 Å². The van der Waals surface area contributed by atoms with Crippen LogP contribution in [0.3, 0.4) is 0 Å². The van der Waals surface area contributed by atoms with Crippen LogP contribution in [-0.2, 0) is 14.8 Å². The first-order valence-electron chi connectivity index (χ1n) is 8.18. The number of carbonyl (C=O) groups excluding carboxylic acids is 1. The molecule has 1 aromatic carbocycles. The third kappa shape index (κ3) is 7.85. The molecule has 0 heterocycles. The Kier molecular flexibility index (Phi) is 8.34. The Morgan fingerprint density at radius 3 is 2.44 bits per heavy atom. The lowest BCUT2D eigenvalue weighted by atomic mass is 10.2. The number of sulfonamides is 1. The van der Waals surface area contributed by atoms with E-state index in [1.807, 2.05) is 38.1 Å². The summed E-state index contributed by atoms with van der Waals surface area (Å²) in [5, 5.41) is 2.79. The molecule has 0 spiro atoms. The van der Waals surface area contributed by atoms with Gasteiger partial charge in [0.15, 0.2) is 0 Å². The molecule has 0 atom stereocenters. The minimum Gasteiger partial charge on any atom is -0.495 e. The van der Waals surface area contributed by atoms with E-state index >= 15 is 0 Å². The van der Waals surface area contributed by atoms with E-state index < -0.39 is 10.0 Å². The molecule has 8 heteroatoms. The van der Waals surface area contributed by atoms with Crippen molar-refractivity contribution in [2.75, 3.05) is 52.4 Å². The molecule has 1 amide bonds. The summed E-state index contributed by atoms with van der Waals surface area (Å²) in [7, 11) is 2.07. The van der Waals surface area contributed by atoms with Gasteiger partial charge in [0, 0.05) is 19.5 Å². The molecule has 0 unspecified atom stereocenters. The lowest BCUT2D eigenvalue weighted by molar-refractivity contribution is -0.116. The topological polar surface area (TPSA) is 79.0 Å². The standard InChI is InChI=1S/C17H29N3O4S/c1-14-7-8-16(24-4)15(13-14)18-17(21)9-12-20(25(5,22)23)11-6-10-19(2)3/h7-8,13H,6,9-12H2,1-5H3,(H,18,21). The first-order chi connectivity index (χ1) is 11.6. The smallest absolute Gasteiger partial charge is 0.225 e. The molecule has 142 valence electrons. The third-order valence-electron chi connectivity index (χ3n) is 3.70. The quantitative estimate of drug-likeness (QED) is 0.675. The molecule has 1 aromatic rings. The lowest BCUT2D eigenvalue weighted by Gasteiger charge is -2.21. The minimum atomic E-state index is -3.34.